The topological polar surface area (TPSA) is 55.1 Å². The minimum absolute atomic E-state index is 0.127. The van der Waals surface area contributed by atoms with Crippen molar-refractivity contribution in [1.82, 2.24) is 5.32 Å². The van der Waals surface area contributed by atoms with Crippen LogP contribution in [0.5, 0.6) is 0 Å². The molecule has 94 valence electrons. The number of nitrogens with one attached hydrogen (secondary N) is 1. The molecule has 0 spiro atoms. The smallest absolute Gasteiger partial charge is 0.223 e. The first kappa shape index (κ1) is 13.1. The highest BCUT2D eigenvalue weighted by Crippen LogP contribution is 2.31. The fourth-order valence-electron chi connectivity index (χ4n) is 2.42. The second-order valence-corrected chi connectivity index (χ2v) is 6.80. The Morgan fingerprint density at radius 3 is 3.06 bits per heavy atom. The van der Waals surface area contributed by atoms with Gasteiger partial charge in [-0.1, -0.05) is 6.42 Å². The van der Waals surface area contributed by atoms with Crippen LogP contribution in [0.3, 0.4) is 0 Å². The summed E-state index contributed by atoms with van der Waals surface area (Å²) in [5.74, 6) is 0.673. The molecule has 3 nitrogen and oxygen atoms in total. The number of nitrogens with two attached hydrogens (primary N) is 1. The van der Waals surface area contributed by atoms with Gasteiger partial charge >= 0.3 is 0 Å². The van der Waals surface area contributed by atoms with Gasteiger partial charge in [0.2, 0.25) is 5.91 Å². The fraction of sp³-hybridized carbons (Fsp3) is 0.583. The number of carbonyl (C=O) groups is 1. The van der Waals surface area contributed by atoms with Crippen LogP contribution in [0.15, 0.2) is 15.2 Å². The average molecular weight is 317 g/mol. The van der Waals surface area contributed by atoms with Gasteiger partial charge in [0.05, 0.1) is 3.79 Å². The molecule has 0 bridgehead atoms. The first-order chi connectivity index (χ1) is 8.20. The van der Waals surface area contributed by atoms with Crippen molar-refractivity contribution in [1.29, 1.82) is 0 Å². The number of hydrogen-bond donors (Lipinski definition) is 2. The minimum Gasteiger partial charge on any atom is -0.352 e. The first-order valence-corrected chi connectivity index (χ1v) is 7.58. The van der Waals surface area contributed by atoms with Crippen LogP contribution in [0.4, 0.5) is 0 Å². The predicted molar refractivity (Wildman–Crippen MR) is 73.8 cm³/mol. The highest BCUT2D eigenvalue weighted by Gasteiger charge is 2.31. The van der Waals surface area contributed by atoms with Gasteiger partial charge in [-0.05, 0) is 58.2 Å². The van der Waals surface area contributed by atoms with Crippen LogP contribution in [0.2, 0.25) is 0 Å². The van der Waals surface area contributed by atoms with Crippen molar-refractivity contribution in [2.24, 2.45) is 17.6 Å². The molecule has 2 rings (SSSR count). The standard InChI is InChI=1S/C12H17BrN2OS/c13-11-4-8(7-17-11)6-15-12(16)10-3-1-2-9(10)5-14/h4,7,9-10H,1-3,5-6,14H2,(H,15,16)/t9-,10-/m1/s1. The average Bonchev–Trinajstić information content (AvgIpc) is 2.94. The number of rotatable bonds is 4. The lowest BCUT2D eigenvalue weighted by molar-refractivity contribution is -0.126. The zero-order chi connectivity index (χ0) is 12.3. The third kappa shape index (κ3) is 3.30. The molecule has 0 saturated heterocycles. The normalized spacial score (nSPS) is 23.9. The van der Waals surface area contributed by atoms with Gasteiger partial charge in [0, 0.05) is 12.5 Å². The Bertz CT molecular complexity index is 394. The largest absolute Gasteiger partial charge is 0.352 e. The Kier molecular flexibility index (Phi) is 4.59. The lowest BCUT2D eigenvalue weighted by Gasteiger charge is -2.17. The summed E-state index contributed by atoms with van der Waals surface area (Å²) in [5, 5.41) is 5.06. The third-order valence-electron chi connectivity index (χ3n) is 3.39. The molecule has 1 heterocycles. The number of amides is 1. The van der Waals surface area contributed by atoms with E-state index in [1.54, 1.807) is 11.3 Å². The monoisotopic (exact) mass is 316 g/mol. The van der Waals surface area contributed by atoms with Crippen LogP contribution in [0, 0.1) is 11.8 Å². The van der Waals surface area contributed by atoms with E-state index in [0.29, 0.717) is 19.0 Å². The highest BCUT2D eigenvalue weighted by atomic mass is 79.9. The predicted octanol–water partition coefficient (Wildman–Crippen LogP) is 2.50. The molecule has 5 heteroatoms. The van der Waals surface area contributed by atoms with Gasteiger partial charge in [0.15, 0.2) is 0 Å². The summed E-state index contributed by atoms with van der Waals surface area (Å²) in [6.07, 6.45) is 3.21. The van der Waals surface area contributed by atoms with E-state index < -0.39 is 0 Å². The van der Waals surface area contributed by atoms with E-state index in [1.165, 1.54) is 0 Å². The van der Waals surface area contributed by atoms with Crippen LogP contribution >= 0.6 is 27.3 Å². The van der Waals surface area contributed by atoms with E-state index in [9.17, 15) is 4.79 Å². The molecule has 1 amide bonds. The highest BCUT2D eigenvalue weighted by molar-refractivity contribution is 9.11. The Morgan fingerprint density at radius 1 is 1.59 bits per heavy atom. The molecular formula is C12H17BrN2OS. The SMILES string of the molecule is NC[C@H]1CCC[C@H]1C(=O)NCc1csc(Br)c1. The summed E-state index contributed by atoms with van der Waals surface area (Å²) >= 11 is 5.05. The Morgan fingerprint density at radius 2 is 2.41 bits per heavy atom. The maximum Gasteiger partial charge on any atom is 0.223 e. The lowest BCUT2D eigenvalue weighted by Crippen LogP contribution is -2.34. The maximum atomic E-state index is 12.0. The molecule has 0 unspecified atom stereocenters. The first-order valence-electron chi connectivity index (χ1n) is 5.91. The molecule has 1 aromatic rings. The molecule has 17 heavy (non-hydrogen) atoms. The van der Waals surface area contributed by atoms with Gasteiger partial charge in [-0.3, -0.25) is 4.79 Å². The van der Waals surface area contributed by atoms with Crippen LogP contribution < -0.4 is 11.1 Å². The Balaban J connectivity index is 1.84. The van der Waals surface area contributed by atoms with Crippen molar-refractivity contribution < 1.29 is 4.79 Å². The molecule has 3 N–H and O–H groups in total. The van der Waals surface area contributed by atoms with Crippen molar-refractivity contribution in [2.45, 2.75) is 25.8 Å². The molecule has 1 aliphatic rings. The van der Waals surface area contributed by atoms with E-state index >= 15 is 0 Å². The quantitative estimate of drug-likeness (QED) is 0.896. The zero-order valence-electron chi connectivity index (χ0n) is 9.62. The van der Waals surface area contributed by atoms with Crippen molar-refractivity contribution in [2.75, 3.05) is 6.54 Å². The van der Waals surface area contributed by atoms with Crippen molar-refractivity contribution in [3.63, 3.8) is 0 Å². The summed E-state index contributed by atoms with van der Waals surface area (Å²) in [4.78, 5) is 12.0. The van der Waals surface area contributed by atoms with E-state index in [-0.39, 0.29) is 11.8 Å². The molecule has 1 aliphatic carbocycles. The summed E-state index contributed by atoms with van der Waals surface area (Å²) in [6.45, 7) is 1.25. The van der Waals surface area contributed by atoms with E-state index in [4.69, 9.17) is 5.73 Å². The van der Waals surface area contributed by atoms with Gasteiger partial charge in [-0.15, -0.1) is 11.3 Å². The van der Waals surface area contributed by atoms with Gasteiger partial charge < -0.3 is 11.1 Å². The molecule has 1 fully saturated rings. The van der Waals surface area contributed by atoms with Crippen molar-refractivity contribution in [3.8, 4) is 0 Å². The van der Waals surface area contributed by atoms with Gasteiger partial charge in [-0.2, -0.15) is 0 Å². The summed E-state index contributed by atoms with van der Waals surface area (Å²) < 4.78 is 1.10. The molecule has 2 atom stereocenters. The molecule has 1 aromatic heterocycles. The maximum absolute atomic E-state index is 12.0. The van der Waals surface area contributed by atoms with Crippen LogP contribution in [-0.4, -0.2) is 12.5 Å². The van der Waals surface area contributed by atoms with Crippen LogP contribution in [-0.2, 0) is 11.3 Å². The molecule has 1 saturated carbocycles. The Labute approximate surface area is 114 Å². The van der Waals surface area contributed by atoms with Crippen molar-refractivity contribution in [3.05, 3.63) is 20.8 Å². The van der Waals surface area contributed by atoms with Crippen molar-refractivity contribution >= 4 is 33.2 Å². The lowest BCUT2D eigenvalue weighted by atomic mass is 9.95. The molecular weight excluding hydrogens is 300 g/mol. The number of carbonyl (C=O) groups excluding carboxylic acids is 1. The Hall–Kier alpha value is -0.390. The minimum atomic E-state index is 0.127. The molecule has 0 aliphatic heterocycles. The zero-order valence-corrected chi connectivity index (χ0v) is 12.0. The number of hydrogen-bond acceptors (Lipinski definition) is 3. The van der Waals surface area contributed by atoms with Gasteiger partial charge in [0.1, 0.15) is 0 Å². The van der Waals surface area contributed by atoms with E-state index in [1.807, 2.05) is 6.07 Å². The third-order valence-corrected chi connectivity index (χ3v) is 4.94. The van der Waals surface area contributed by atoms with Gasteiger partial charge in [-0.25, -0.2) is 0 Å². The fourth-order valence-corrected chi connectivity index (χ4v) is 3.63. The summed E-state index contributed by atoms with van der Waals surface area (Å²) in [5.41, 5.74) is 6.84. The van der Waals surface area contributed by atoms with E-state index in [2.05, 4.69) is 26.6 Å². The second-order valence-electron chi connectivity index (χ2n) is 4.51. The summed E-state index contributed by atoms with van der Waals surface area (Å²) in [7, 11) is 0. The molecule has 0 aromatic carbocycles. The number of thiophene rings is 1. The number of halogens is 1. The van der Waals surface area contributed by atoms with Gasteiger partial charge in [0.25, 0.3) is 0 Å². The summed E-state index contributed by atoms with van der Waals surface area (Å²) in [6, 6.07) is 2.04. The van der Waals surface area contributed by atoms with Crippen LogP contribution in [0.1, 0.15) is 24.8 Å². The second kappa shape index (κ2) is 5.98. The van der Waals surface area contributed by atoms with Crippen LogP contribution in [0.25, 0.3) is 0 Å². The molecule has 0 radical (unpaired) electrons. The van der Waals surface area contributed by atoms with E-state index in [0.717, 1.165) is 28.6 Å².